The van der Waals surface area contributed by atoms with Gasteiger partial charge in [0, 0.05) is 6.04 Å². The van der Waals surface area contributed by atoms with Crippen LogP contribution in [-0.2, 0) is 6.42 Å². The number of hydrogen-bond donors (Lipinski definition) is 2. The molecule has 0 bridgehead atoms. The summed E-state index contributed by atoms with van der Waals surface area (Å²) in [5, 5.41) is 0. The Morgan fingerprint density at radius 1 is 1.62 bits per heavy atom. The van der Waals surface area contributed by atoms with Crippen LogP contribution in [0.25, 0.3) is 0 Å². The maximum absolute atomic E-state index is 13.8. The van der Waals surface area contributed by atoms with Gasteiger partial charge in [-0.3, -0.25) is 11.3 Å². The van der Waals surface area contributed by atoms with E-state index < -0.39 is 0 Å². The van der Waals surface area contributed by atoms with Crippen molar-refractivity contribution in [2.45, 2.75) is 18.9 Å². The second kappa shape index (κ2) is 6.25. The lowest BCUT2D eigenvalue weighted by Crippen LogP contribution is -2.36. The first-order valence-corrected chi connectivity index (χ1v) is 5.11. The standard InChI is InChI=1S/C12H17FN2O/c1-3-5-10(15-14)8-9-6-4-7-11(16-2)12(9)13/h3-4,6-7,10,15H,1,5,8,14H2,2H3. The highest BCUT2D eigenvalue weighted by Crippen LogP contribution is 2.21. The van der Waals surface area contributed by atoms with Crippen LogP contribution in [0, 0.1) is 5.82 Å². The highest BCUT2D eigenvalue weighted by molar-refractivity contribution is 5.31. The van der Waals surface area contributed by atoms with E-state index in [1.807, 2.05) is 0 Å². The highest BCUT2D eigenvalue weighted by Gasteiger charge is 2.12. The number of halogens is 1. The van der Waals surface area contributed by atoms with Crippen LogP contribution < -0.4 is 16.0 Å². The van der Waals surface area contributed by atoms with Gasteiger partial charge >= 0.3 is 0 Å². The molecule has 88 valence electrons. The first-order chi connectivity index (χ1) is 7.72. The van der Waals surface area contributed by atoms with Gasteiger partial charge in [0.25, 0.3) is 0 Å². The van der Waals surface area contributed by atoms with Crippen molar-refractivity contribution >= 4 is 0 Å². The van der Waals surface area contributed by atoms with Crippen LogP contribution in [0.2, 0.25) is 0 Å². The summed E-state index contributed by atoms with van der Waals surface area (Å²) in [5.41, 5.74) is 3.22. The van der Waals surface area contributed by atoms with Gasteiger partial charge in [-0.2, -0.15) is 0 Å². The van der Waals surface area contributed by atoms with Crippen molar-refractivity contribution in [1.29, 1.82) is 0 Å². The summed E-state index contributed by atoms with van der Waals surface area (Å²) >= 11 is 0. The molecular weight excluding hydrogens is 207 g/mol. The Labute approximate surface area is 95.1 Å². The lowest BCUT2D eigenvalue weighted by atomic mass is 10.0. The first kappa shape index (κ1) is 12.7. The zero-order valence-electron chi connectivity index (χ0n) is 9.37. The normalized spacial score (nSPS) is 12.2. The minimum Gasteiger partial charge on any atom is -0.494 e. The molecule has 3 N–H and O–H groups in total. The Hall–Kier alpha value is -1.39. The van der Waals surface area contributed by atoms with E-state index in [-0.39, 0.29) is 17.6 Å². The van der Waals surface area contributed by atoms with Crippen molar-refractivity contribution in [3.63, 3.8) is 0 Å². The first-order valence-electron chi connectivity index (χ1n) is 5.11. The van der Waals surface area contributed by atoms with E-state index in [0.717, 1.165) is 0 Å². The molecule has 0 fully saturated rings. The zero-order valence-corrected chi connectivity index (χ0v) is 9.37. The Balaban J connectivity index is 2.83. The predicted molar refractivity (Wildman–Crippen MR) is 62.6 cm³/mol. The van der Waals surface area contributed by atoms with E-state index in [9.17, 15) is 4.39 Å². The van der Waals surface area contributed by atoms with Crippen LogP contribution in [0.15, 0.2) is 30.9 Å². The number of nitrogens with two attached hydrogens (primary N) is 1. The summed E-state index contributed by atoms with van der Waals surface area (Å²) in [4.78, 5) is 0. The fourth-order valence-electron chi connectivity index (χ4n) is 1.55. The Kier molecular flexibility index (Phi) is 4.95. The topological polar surface area (TPSA) is 47.3 Å². The molecule has 1 aromatic carbocycles. The molecule has 1 aromatic rings. The molecule has 3 nitrogen and oxygen atoms in total. The lowest BCUT2D eigenvalue weighted by molar-refractivity contribution is 0.382. The molecule has 1 atom stereocenters. The Morgan fingerprint density at radius 3 is 2.94 bits per heavy atom. The van der Waals surface area contributed by atoms with Gasteiger partial charge in [-0.15, -0.1) is 6.58 Å². The second-order valence-corrected chi connectivity index (χ2v) is 3.53. The number of ether oxygens (including phenoxy) is 1. The number of hydrogen-bond acceptors (Lipinski definition) is 3. The molecule has 0 radical (unpaired) electrons. The largest absolute Gasteiger partial charge is 0.494 e. The molecule has 4 heteroatoms. The zero-order chi connectivity index (χ0) is 12.0. The molecule has 0 aliphatic rings. The predicted octanol–water partition coefficient (Wildman–Crippen LogP) is 1.78. The number of methoxy groups -OCH3 is 1. The summed E-state index contributed by atoms with van der Waals surface area (Å²) in [6, 6.07) is 5.07. The summed E-state index contributed by atoms with van der Waals surface area (Å²) in [5.74, 6) is 5.31. The number of rotatable bonds is 6. The van der Waals surface area contributed by atoms with Crippen molar-refractivity contribution in [2.75, 3.05) is 7.11 Å². The van der Waals surface area contributed by atoms with Crippen molar-refractivity contribution in [3.05, 3.63) is 42.2 Å². The average molecular weight is 224 g/mol. The minimum atomic E-state index is -0.325. The minimum absolute atomic E-state index is 0.0147. The van der Waals surface area contributed by atoms with Gasteiger partial charge in [0.1, 0.15) is 0 Å². The maximum atomic E-state index is 13.8. The Bertz CT molecular complexity index is 355. The third-order valence-electron chi connectivity index (χ3n) is 2.42. The average Bonchev–Trinajstić information content (AvgIpc) is 2.31. The molecule has 0 saturated heterocycles. The van der Waals surface area contributed by atoms with Crippen molar-refractivity contribution in [2.24, 2.45) is 5.84 Å². The fourth-order valence-corrected chi connectivity index (χ4v) is 1.55. The fraction of sp³-hybridized carbons (Fsp3) is 0.333. The molecular formula is C12H17FN2O. The molecule has 16 heavy (non-hydrogen) atoms. The van der Waals surface area contributed by atoms with Crippen LogP contribution in [0.4, 0.5) is 4.39 Å². The van der Waals surface area contributed by atoms with Gasteiger partial charge in [-0.25, -0.2) is 4.39 Å². The summed E-state index contributed by atoms with van der Waals surface area (Å²) in [6.07, 6.45) is 2.95. The molecule has 0 aliphatic heterocycles. The number of nitrogens with one attached hydrogen (secondary N) is 1. The van der Waals surface area contributed by atoms with Gasteiger partial charge < -0.3 is 4.74 Å². The highest BCUT2D eigenvalue weighted by atomic mass is 19.1. The molecule has 0 aromatic heterocycles. The lowest BCUT2D eigenvalue weighted by Gasteiger charge is -2.15. The van der Waals surface area contributed by atoms with E-state index in [1.54, 1.807) is 24.3 Å². The molecule has 0 heterocycles. The molecule has 0 aliphatic carbocycles. The van der Waals surface area contributed by atoms with Crippen molar-refractivity contribution in [1.82, 2.24) is 5.43 Å². The van der Waals surface area contributed by atoms with E-state index in [2.05, 4.69) is 12.0 Å². The quantitative estimate of drug-likeness (QED) is 0.440. The second-order valence-electron chi connectivity index (χ2n) is 3.53. The summed E-state index contributed by atoms with van der Waals surface area (Å²) in [7, 11) is 1.45. The third kappa shape index (κ3) is 3.05. The van der Waals surface area contributed by atoms with Gasteiger partial charge in [-0.05, 0) is 24.5 Å². The summed E-state index contributed by atoms with van der Waals surface area (Å²) in [6.45, 7) is 3.63. The molecule has 1 rings (SSSR count). The van der Waals surface area contributed by atoms with Gasteiger partial charge in [0.2, 0.25) is 0 Å². The van der Waals surface area contributed by atoms with Gasteiger partial charge in [-0.1, -0.05) is 18.2 Å². The number of benzene rings is 1. The van der Waals surface area contributed by atoms with E-state index in [0.29, 0.717) is 18.4 Å². The molecule has 0 spiro atoms. The Morgan fingerprint density at radius 2 is 2.38 bits per heavy atom. The summed E-state index contributed by atoms with van der Waals surface area (Å²) < 4.78 is 18.7. The van der Waals surface area contributed by atoms with Gasteiger partial charge in [0.15, 0.2) is 11.6 Å². The SMILES string of the molecule is C=CCC(Cc1cccc(OC)c1F)NN. The van der Waals surface area contributed by atoms with Crippen LogP contribution in [-0.4, -0.2) is 13.2 Å². The van der Waals surface area contributed by atoms with Crippen molar-refractivity contribution in [3.8, 4) is 5.75 Å². The molecule has 1 unspecified atom stereocenters. The van der Waals surface area contributed by atoms with Crippen LogP contribution in [0.1, 0.15) is 12.0 Å². The van der Waals surface area contributed by atoms with E-state index in [1.165, 1.54) is 7.11 Å². The maximum Gasteiger partial charge on any atom is 0.168 e. The van der Waals surface area contributed by atoms with Crippen molar-refractivity contribution < 1.29 is 9.13 Å². The van der Waals surface area contributed by atoms with Crippen LogP contribution in [0.3, 0.4) is 0 Å². The molecule has 0 amide bonds. The monoisotopic (exact) mass is 224 g/mol. The smallest absolute Gasteiger partial charge is 0.168 e. The van der Waals surface area contributed by atoms with E-state index in [4.69, 9.17) is 10.6 Å². The third-order valence-corrected chi connectivity index (χ3v) is 2.42. The number of hydrazine groups is 1. The van der Waals surface area contributed by atoms with Crippen LogP contribution >= 0.6 is 0 Å². The molecule has 0 saturated carbocycles. The van der Waals surface area contributed by atoms with Crippen LogP contribution in [0.5, 0.6) is 5.75 Å². The van der Waals surface area contributed by atoms with Gasteiger partial charge in [0.05, 0.1) is 7.11 Å². The van der Waals surface area contributed by atoms with E-state index >= 15 is 0 Å².